The maximum atomic E-state index is 11.9. The number of hydrogen-bond donors (Lipinski definition) is 2. The summed E-state index contributed by atoms with van der Waals surface area (Å²) in [5, 5.41) is 2.93. The van der Waals surface area contributed by atoms with E-state index in [-0.39, 0.29) is 5.97 Å². The Morgan fingerprint density at radius 1 is 1.30 bits per heavy atom. The van der Waals surface area contributed by atoms with Gasteiger partial charge < -0.3 is 15.5 Å². The first kappa shape index (κ1) is 12.7. The summed E-state index contributed by atoms with van der Waals surface area (Å²) in [6.07, 6.45) is 0.747. The predicted molar refractivity (Wildman–Crippen MR) is 81.0 cm³/mol. The van der Waals surface area contributed by atoms with Gasteiger partial charge in [0.2, 0.25) is 0 Å². The lowest BCUT2D eigenvalue weighted by molar-refractivity contribution is 0.0504. The van der Waals surface area contributed by atoms with Crippen molar-refractivity contribution in [3.05, 3.63) is 52.3 Å². The zero-order valence-corrected chi connectivity index (χ0v) is 11.6. The van der Waals surface area contributed by atoms with Crippen LogP contribution in [0.5, 0.6) is 0 Å². The van der Waals surface area contributed by atoms with Gasteiger partial charge in [-0.25, -0.2) is 4.79 Å². The third-order valence-electron chi connectivity index (χ3n) is 3.03. The van der Waals surface area contributed by atoms with E-state index in [9.17, 15) is 4.79 Å². The number of aromatic nitrogens is 1. The number of nitrogens with two attached hydrogens (primary N) is 1. The maximum absolute atomic E-state index is 11.9. The van der Waals surface area contributed by atoms with Crippen LogP contribution in [0.2, 0.25) is 0 Å². The lowest BCUT2D eigenvalue weighted by Gasteiger charge is -2.01. The van der Waals surface area contributed by atoms with Gasteiger partial charge in [-0.1, -0.05) is 6.07 Å². The molecule has 0 aliphatic carbocycles. The number of nitrogens with one attached hydrogen (secondary N) is 1. The molecule has 0 bridgehead atoms. The number of thiophene rings is 1. The lowest BCUT2D eigenvalue weighted by atomic mass is 10.2. The van der Waals surface area contributed by atoms with E-state index in [0.717, 1.165) is 17.3 Å². The molecule has 0 saturated heterocycles. The fraction of sp³-hybridized carbons (Fsp3) is 0.133. The molecule has 0 radical (unpaired) electrons. The van der Waals surface area contributed by atoms with Crippen molar-refractivity contribution in [2.24, 2.45) is 0 Å². The molecule has 0 aliphatic heterocycles. The van der Waals surface area contributed by atoms with Crippen molar-refractivity contribution in [1.29, 1.82) is 0 Å². The Bertz CT molecular complexity index is 732. The molecule has 0 atom stereocenters. The second-order valence-electron chi connectivity index (χ2n) is 4.49. The van der Waals surface area contributed by atoms with Crippen molar-refractivity contribution in [3.63, 3.8) is 0 Å². The molecule has 4 nitrogen and oxygen atoms in total. The number of carbonyl (C=O) groups is 1. The Morgan fingerprint density at radius 3 is 3.00 bits per heavy atom. The normalized spacial score (nSPS) is 10.8. The summed E-state index contributed by atoms with van der Waals surface area (Å²) < 4.78 is 5.27. The summed E-state index contributed by atoms with van der Waals surface area (Å²) in [5.41, 5.74) is 7.72. The summed E-state index contributed by atoms with van der Waals surface area (Å²) in [6, 6.07) is 11.3. The molecule has 20 heavy (non-hydrogen) atoms. The number of ether oxygens (including phenoxy) is 1. The predicted octanol–water partition coefficient (Wildman–Crippen LogP) is 3.21. The zero-order chi connectivity index (χ0) is 13.9. The van der Waals surface area contributed by atoms with Crippen LogP contribution in [0.4, 0.5) is 5.69 Å². The molecule has 0 saturated carbocycles. The van der Waals surface area contributed by atoms with E-state index >= 15 is 0 Å². The fourth-order valence-corrected chi connectivity index (χ4v) is 2.73. The summed E-state index contributed by atoms with van der Waals surface area (Å²) in [6.45, 7) is 0.386. The molecule has 2 aromatic heterocycles. The average Bonchev–Trinajstić information content (AvgIpc) is 3.06. The SMILES string of the molecule is Nc1ccc2[nH]c(C(=O)OCCc3cccs3)cc2c1. The summed E-state index contributed by atoms with van der Waals surface area (Å²) >= 11 is 1.66. The number of nitrogen functional groups attached to an aromatic ring is 1. The molecule has 1 aromatic carbocycles. The molecule has 3 aromatic rings. The minimum absolute atomic E-state index is 0.337. The monoisotopic (exact) mass is 286 g/mol. The van der Waals surface area contributed by atoms with E-state index in [1.807, 2.05) is 29.6 Å². The van der Waals surface area contributed by atoms with E-state index in [1.54, 1.807) is 23.5 Å². The van der Waals surface area contributed by atoms with Gasteiger partial charge in [0.15, 0.2) is 0 Å². The number of anilines is 1. The van der Waals surface area contributed by atoms with Gasteiger partial charge in [-0.2, -0.15) is 0 Å². The van der Waals surface area contributed by atoms with Crippen LogP contribution in [0.25, 0.3) is 10.9 Å². The Morgan fingerprint density at radius 2 is 2.20 bits per heavy atom. The summed E-state index contributed by atoms with van der Waals surface area (Å²) in [5.74, 6) is -0.337. The number of benzene rings is 1. The first-order valence-electron chi connectivity index (χ1n) is 6.30. The number of hydrogen-bond acceptors (Lipinski definition) is 4. The fourth-order valence-electron chi connectivity index (χ4n) is 2.04. The van der Waals surface area contributed by atoms with Crippen molar-refractivity contribution in [3.8, 4) is 0 Å². The highest BCUT2D eigenvalue weighted by Gasteiger charge is 2.11. The highest BCUT2D eigenvalue weighted by atomic mass is 32.1. The van der Waals surface area contributed by atoms with Gasteiger partial charge in [0.1, 0.15) is 5.69 Å². The van der Waals surface area contributed by atoms with Crippen LogP contribution in [-0.2, 0) is 11.2 Å². The molecular weight excluding hydrogens is 272 g/mol. The molecule has 5 heteroatoms. The van der Waals surface area contributed by atoms with Gasteiger partial charge in [0, 0.05) is 27.9 Å². The maximum Gasteiger partial charge on any atom is 0.354 e. The van der Waals surface area contributed by atoms with Crippen LogP contribution < -0.4 is 5.73 Å². The number of esters is 1. The Kier molecular flexibility index (Phi) is 3.43. The van der Waals surface area contributed by atoms with Crippen molar-refractivity contribution < 1.29 is 9.53 Å². The van der Waals surface area contributed by atoms with E-state index in [1.165, 1.54) is 4.88 Å². The van der Waals surface area contributed by atoms with E-state index in [2.05, 4.69) is 4.98 Å². The zero-order valence-electron chi connectivity index (χ0n) is 10.8. The molecule has 102 valence electrons. The third-order valence-corrected chi connectivity index (χ3v) is 3.96. The molecule has 0 aliphatic rings. The molecule has 3 N–H and O–H groups in total. The smallest absolute Gasteiger partial charge is 0.354 e. The Balaban J connectivity index is 1.66. The highest BCUT2D eigenvalue weighted by Crippen LogP contribution is 2.19. The standard InChI is InChI=1S/C15H14N2O2S/c16-11-3-4-13-10(8-11)9-14(17-13)15(18)19-6-5-12-2-1-7-20-12/h1-4,7-9,17H,5-6,16H2. The van der Waals surface area contributed by atoms with Crippen molar-refractivity contribution >= 4 is 33.9 Å². The molecule has 0 unspecified atom stereocenters. The number of H-pyrrole nitrogens is 1. The molecule has 0 spiro atoms. The molecule has 2 heterocycles. The average molecular weight is 286 g/mol. The van der Waals surface area contributed by atoms with Gasteiger partial charge >= 0.3 is 5.97 Å². The van der Waals surface area contributed by atoms with E-state index in [0.29, 0.717) is 18.0 Å². The summed E-state index contributed by atoms with van der Waals surface area (Å²) in [7, 11) is 0. The van der Waals surface area contributed by atoms with Crippen LogP contribution in [0.1, 0.15) is 15.4 Å². The number of fused-ring (bicyclic) bond motifs is 1. The third kappa shape index (κ3) is 2.67. The number of rotatable bonds is 4. The van der Waals surface area contributed by atoms with Crippen LogP contribution >= 0.6 is 11.3 Å². The largest absolute Gasteiger partial charge is 0.461 e. The lowest BCUT2D eigenvalue weighted by Crippen LogP contribution is -2.07. The minimum Gasteiger partial charge on any atom is -0.461 e. The summed E-state index contributed by atoms with van der Waals surface area (Å²) in [4.78, 5) is 16.2. The quantitative estimate of drug-likeness (QED) is 0.571. The van der Waals surface area contributed by atoms with Gasteiger partial charge in [-0.05, 0) is 35.7 Å². The van der Waals surface area contributed by atoms with Crippen LogP contribution in [0.3, 0.4) is 0 Å². The van der Waals surface area contributed by atoms with Crippen molar-refractivity contribution in [1.82, 2.24) is 4.98 Å². The molecule has 3 rings (SSSR count). The van der Waals surface area contributed by atoms with E-state index < -0.39 is 0 Å². The topological polar surface area (TPSA) is 68.1 Å². The number of aromatic amines is 1. The minimum atomic E-state index is -0.337. The molecule has 0 fully saturated rings. The van der Waals surface area contributed by atoms with Crippen LogP contribution in [0.15, 0.2) is 41.8 Å². The number of carbonyl (C=O) groups excluding carboxylic acids is 1. The van der Waals surface area contributed by atoms with Gasteiger partial charge in [0.05, 0.1) is 6.61 Å². The van der Waals surface area contributed by atoms with Crippen molar-refractivity contribution in [2.75, 3.05) is 12.3 Å². The van der Waals surface area contributed by atoms with E-state index in [4.69, 9.17) is 10.5 Å². The second kappa shape index (κ2) is 5.38. The molecule has 0 amide bonds. The van der Waals surface area contributed by atoms with Gasteiger partial charge in [-0.3, -0.25) is 0 Å². The second-order valence-corrected chi connectivity index (χ2v) is 5.53. The Hall–Kier alpha value is -2.27. The van der Waals surface area contributed by atoms with Gasteiger partial charge in [0.25, 0.3) is 0 Å². The first-order chi connectivity index (χ1) is 9.72. The highest BCUT2D eigenvalue weighted by molar-refractivity contribution is 7.09. The van der Waals surface area contributed by atoms with Crippen molar-refractivity contribution in [2.45, 2.75) is 6.42 Å². The van der Waals surface area contributed by atoms with Crippen LogP contribution in [-0.4, -0.2) is 17.6 Å². The van der Waals surface area contributed by atoms with Gasteiger partial charge in [-0.15, -0.1) is 11.3 Å². The molecular formula is C15H14N2O2S. The first-order valence-corrected chi connectivity index (χ1v) is 7.18. The van der Waals surface area contributed by atoms with Crippen LogP contribution in [0, 0.1) is 0 Å². The Labute approximate surface area is 120 Å².